The van der Waals surface area contributed by atoms with Crippen molar-refractivity contribution in [2.24, 2.45) is 0 Å². The summed E-state index contributed by atoms with van der Waals surface area (Å²) in [6, 6.07) is 13.5. The Hall–Kier alpha value is -1.47. The average Bonchev–Trinajstić information content (AvgIpc) is 2.41. The van der Waals surface area contributed by atoms with Crippen molar-refractivity contribution in [3.63, 3.8) is 0 Å². The SMILES string of the molecule is Cc1ccc(C(=O)NC(=S)Nc2ccccc2I)c(C)c1. The molecule has 2 aromatic carbocycles. The lowest BCUT2D eigenvalue weighted by molar-refractivity contribution is 0.0977. The van der Waals surface area contributed by atoms with E-state index in [2.05, 4.69) is 33.2 Å². The maximum absolute atomic E-state index is 12.2. The Balaban J connectivity index is 2.06. The third-order valence-corrected chi connectivity index (χ3v) is 4.12. The van der Waals surface area contributed by atoms with Gasteiger partial charge in [-0.2, -0.15) is 0 Å². The molecule has 2 rings (SSSR count). The predicted octanol–water partition coefficient (Wildman–Crippen LogP) is 4.03. The molecule has 0 heterocycles. The monoisotopic (exact) mass is 410 g/mol. The lowest BCUT2D eigenvalue weighted by Crippen LogP contribution is -2.34. The molecule has 0 aliphatic heterocycles. The van der Waals surface area contributed by atoms with Gasteiger partial charge in [-0.3, -0.25) is 10.1 Å². The Morgan fingerprint density at radius 1 is 1.14 bits per heavy atom. The minimum absolute atomic E-state index is 0.198. The first kappa shape index (κ1) is 15.9. The highest BCUT2D eigenvalue weighted by atomic mass is 127. The topological polar surface area (TPSA) is 41.1 Å². The van der Waals surface area contributed by atoms with Gasteiger partial charge >= 0.3 is 0 Å². The van der Waals surface area contributed by atoms with Crippen molar-refractivity contribution in [3.8, 4) is 0 Å². The first-order valence-corrected chi connectivity index (χ1v) is 7.90. The Morgan fingerprint density at radius 2 is 1.86 bits per heavy atom. The summed E-state index contributed by atoms with van der Waals surface area (Å²) in [6.07, 6.45) is 0. The first-order chi connectivity index (χ1) is 9.97. The van der Waals surface area contributed by atoms with Crippen molar-refractivity contribution >= 4 is 51.5 Å². The Morgan fingerprint density at radius 3 is 2.52 bits per heavy atom. The van der Waals surface area contributed by atoms with Crippen LogP contribution in [-0.4, -0.2) is 11.0 Å². The molecule has 0 aromatic heterocycles. The molecule has 0 fully saturated rings. The van der Waals surface area contributed by atoms with Gasteiger partial charge in [-0.25, -0.2) is 0 Å². The fraction of sp³-hybridized carbons (Fsp3) is 0.125. The quantitative estimate of drug-likeness (QED) is 0.580. The summed E-state index contributed by atoms with van der Waals surface area (Å²) in [5.74, 6) is -0.198. The number of aryl methyl sites for hydroxylation is 2. The summed E-state index contributed by atoms with van der Waals surface area (Å²) in [4.78, 5) is 12.2. The highest BCUT2D eigenvalue weighted by Crippen LogP contribution is 2.17. The second-order valence-electron chi connectivity index (χ2n) is 4.71. The van der Waals surface area contributed by atoms with Crippen LogP contribution in [0.15, 0.2) is 42.5 Å². The normalized spacial score (nSPS) is 10.0. The van der Waals surface area contributed by atoms with Crippen LogP contribution in [0.25, 0.3) is 0 Å². The van der Waals surface area contributed by atoms with Gasteiger partial charge in [0.2, 0.25) is 0 Å². The second-order valence-corrected chi connectivity index (χ2v) is 6.28. The van der Waals surface area contributed by atoms with Crippen molar-refractivity contribution in [3.05, 3.63) is 62.7 Å². The highest BCUT2D eigenvalue weighted by Gasteiger charge is 2.11. The van der Waals surface area contributed by atoms with Gasteiger partial charge in [0.25, 0.3) is 5.91 Å². The summed E-state index contributed by atoms with van der Waals surface area (Å²) in [5, 5.41) is 6.04. The van der Waals surface area contributed by atoms with Gasteiger partial charge in [-0.05, 0) is 72.4 Å². The van der Waals surface area contributed by atoms with Gasteiger partial charge in [0.1, 0.15) is 0 Å². The molecule has 21 heavy (non-hydrogen) atoms. The third kappa shape index (κ3) is 4.25. The molecule has 2 N–H and O–H groups in total. The summed E-state index contributed by atoms with van der Waals surface area (Å²) in [7, 11) is 0. The molecule has 0 unspecified atom stereocenters. The van der Waals surface area contributed by atoms with Crippen molar-refractivity contribution in [1.82, 2.24) is 5.32 Å². The van der Waals surface area contributed by atoms with E-state index in [-0.39, 0.29) is 5.91 Å². The van der Waals surface area contributed by atoms with E-state index < -0.39 is 0 Å². The van der Waals surface area contributed by atoms with Crippen LogP contribution < -0.4 is 10.6 Å². The fourth-order valence-electron chi connectivity index (χ4n) is 1.95. The number of nitrogens with one attached hydrogen (secondary N) is 2. The number of halogens is 1. The van der Waals surface area contributed by atoms with Crippen LogP contribution in [0.1, 0.15) is 21.5 Å². The highest BCUT2D eigenvalue weighted by molar-refractivity contribution is 14.1. The van der Waals surface area contributed by atoms with Gasteiger partial charge in [-0.15, -0.1) is 0 Å². The molecule has 0 bridgehead atoms. The number of anilines is 1. The van der Waals surface area contributed by atoms with E-state index in [4.69, 9.17) is 12.2 Å². The van der Waals surface area contributed by atoms with Crippen LogP contribution in [0.4, 0.5) is 5.69 Å². The molecule has 0 saturated carbocycles. The van der Waals surface area contributed by atoms with Crippen LogP contribution in [0.5, 0.6) is 0 Å². The van der Waals surface area contributed by atoms with Crippen LogP contribution in [0.2, 0.25) is 0 Å². The van der Waals surface area contributed by atoms with Gasteiger partial charge < -0.3 is 5.32 Å². The zero-order valence-corrected chi connectivity index (χ0v) is 14.7. The predicted molar refractivity (Wildman–Crippen MR) is 98.8 cm³/mol. The van der Waals surface area contributed by atoms with E-state index in [0.717, 1.165) is 20.4 Å². The number of amides is 1. The van der Waals surface area contributed by atoms with Crippen molar-refractivity contribution in [1.29, 1.82) is 0 Å². The fourth-order valence-corrected chi connectivity index (χ4v) is 2.68. The lowest BCUT2D eigenvalue weighted by Gasteiger charge is -2.12. The van der Waals surface area contributed by atoms with E-state index in [1.54, 1.807) is 0 Å². The number of carbonyl (C=O) groups is 1. The van der Waals surface area contributed by atoms with Crippen molar-refractivity contribution in [2.45, 2.75) is 13.8 Å². The first-order valence-electron chi connectivity index (χ1n) is 6.41. The number of para-hydroxylation sites is 1. The zero-order valence-electron chi connectivity index (χ0n) is 11.7. The van der Waals surface area contributed by atoms with Gasteiger partial charge in [0.15, 0.2) is 5.11 Å². The van der Waals surface area contributed by atoms with E-state index in [1.807, 2.05) is 56.3 Å². The molecule has 0 aliphatic rings. The minimum atomic E-state index is -0.198. The van der Waals surface area contributed by atoms with E-state index >= 15 is 0 Å². The zero-order chi connectivity index (χ0) is 15.4. The number of rotatable bonds is 2. The summed E-state index contributed by atoms with van der Waals surface area (Å²) in [6.45, 7) is 3.91. The van der Waals surface area contributed by atoms with E-state index in [0.29, 0.717) is 10.7 Å². The van der Waals surface area contributed by atoms with E-state index in [1.165, 1.54) is 0 Å². The van der Waals surface area contributed by atoms with Gasteiger partial charge in [-0.1, -0.05) is 29.8 Å². The molecular formula is C16H15IN2OS. The van der Waals surface area contributed by atoms with Crippen LogP contribution in [0.3, 0.4) is 0 Å². The van der Waals surface area contributed by atoms with Gasteiger partial charge in [0, 0.05) is 9.13 Å². The number of hydrogen-bond acceptors (Lipinski definition) is 2. The molecule has 0 radical (unpaired) electrons. The smallest absolute Gasteiger partial charge is 0.257 e. The number of thiocarbonyl (C=S) groups is 1. The summed E-state index contributed by atoms with van der Waals surface area (Å²) < 4.78 is 1.04. The Bertz CT molecular complexity index is 700. The molecule has 108 valence electrons. The summed E-state index contributed by atoms with van der Waals surface area (Å²) in [5.41, 5.74) is 3.57. The number of benzene rings is 2. The Kier molecular flexibility index (Phi) is 5.30. The van der Waals surface area contributed by atoms with Crippen molar-refractivity contribution in [2.75, 3.05) is 5.32 Å². The molecule has 1 amide bonds. The molecule has 0 saturated heterocycles. The molecule has 0 spiro atoms. The molecule has 0 atom stereocenters. The standard InChI is InChI=1S/C16H15IN2OS/c1-10-7-8-12(11(2)9-10)15(20)19-16(21)18-14-6-4-3-5-13(14)17/h3-9H,1-2H3,(H2,18,19,20,21). The van der Waals surface area contributed by atoms with Crippen LogP contribution >= 0.6 is 34.8 Å². The largest absolute Gasteiger partial charge is 0.332 e. The van der Waals surface area contributed by atoms with E-state index in [9.17, 15) is 4.79 Å². The summed E-state index contributed by atoms with van der Waals surface area (Å²) >= 11 is 7.41. The maximum atomic E-state index is 12.2. The third-order valence-electron chi connectivity index (χ3n) is 2.98. The molecule has 2 aromatic rings. The Labute approximate surface area is 143 Å². The minimum Gasteiger partial charge on any atom is -0.332 e. The van der Waals surface area contributed by atoms with Crippen LogP contribution in [-0.2, 0) is 0 Å². The molecule has 5 heteroatoms. The number of carbonyl (C=O) groups excluding carboxylic acids is 1. The van der Waals surface area contributed by atoms with Crippen molar-refractivity contribution < 1.29 is 4.79 Å². The average molecular weight is 410 g/mol. The number of hydrogen-bond donors (Lipinski definition) is 2. The molecule has 3 nitrogen and oxygen atoms in total. The lowest BCUT2D eigenvalue weighted by atomic mass is 10.1. The maximum Gasteiger partial charge on any atom is 0.257 e. The second kappa shape index (κ2) is 7.00. The van der Waals surface area contributed by atoms with Crippen LogP contribution in [0, 0.1) is 17.4 Å². The molecular weight excluding hydrogens is 395 g/mol. The molecule has 0 aliphatic carbocycles. The van der Waals surface area contributed by atoms with Gasteiger partial charge in [0.05, 0.1) is 5.69 Å².